The standard InChI is InChI=1S/C29H28Si.C24H15FNO.Ir/c1-22(23-12-7-5-8-13-23)28-21-27(18-19-29(28)30(2,3)4)26-17-11-16-25(20-26)24-14-9-6-10-15-24;1-15-14-26-21(13-19(15)16-7-3-2-4-8-16)17-11-12-20(25)23-18-9-5-6-10-22(18)27-24(17)23;/h5-16,19-22H,1-4H3;2-10,12-14H,1H3;/q-2;-1;+3/i22D;1D3;. The molecule has 9 rings (SSSR count). The van der Waals surface area contributed by atoms with Gasteiger partial charge in [0.15, 0.2) is 0 Å². The molecule has 0 amide bonds. The zero-order valence-electron chi connectivity index (χ0n) is 36.7. The first-order valence-electron chi connectivity index (χ1n) is 21.0. The van der Waals surface area contributed by atoms with Crippen LogP contribution in [0.2, 0.25) is 19.6 Å². The third-order valence-electron chi connectivity index (χ3n) is 10.2. The fourth-order valence-corrected chi connectivity index (χ4v) is 8.80. The number of benzene rings is 7. The summed E-state index contributed by atoms with van der Waals surface area (Å²) < 4.78 is 53.6. The van der Waals surface area contributed by atoms with Crippen LogP contribution >= 0.6 is 0 Å². The Kier molecular flexibility index (Phi) is 10.6. The van der Waals surface area contributed by atoms with E-state index in [1.165, 1.54) is 23.0 Å². The number of para-hydroxylation sites is 1. The van der Waals surface area contributed by atoms with Gasteiger partial charge in [-0.15, -0.1) is 34.5 Å². The molecule has 1 atom stereocenters. The summed E-state index contributed by atoms with van der Waals surface area (Å²) in [6, 6.07) is 60.4. The van der Waals surface area contributed by atoms with E-state index in [4.69, 9.17) is 8.53 Å². The zero-order valence-corrected chi connectivity index (χ0v) is 36.1. The van der Waals surface area contributed by atoms with Crippen molar-refractivity contribution in [2.45, 2.75) is 39.3 Å². The van der Waals surface area contributed by atoms with Crippen LogP contribution in [0.5, 0.6) is 0 Å². The van der Waals surface area contributed by atoms with Gasteiger partial charge in [-0.05, 0) is 57.7 Å². The van der Waals surface area contributed by atoms with E-state index in [9.17, 15) is 5.76 Å². The second kappa shape index (κ2) is 17.4. The van der Waals surface area contributed by atoms with Gasteiger partial charge in [0, 0.05) is 31.0 Å². The van der Waals surface area contributed by atoms with Crippen molar-refractivity contribution in [1.29, 1.82) is 0 Å². The van der Waals surface area contributed by atoms with Gasteiger partial charge in [-0.2, -0.15) is 36.4 Å². The molecule has 2 heterocycles. The van der Waals surface area contributed by atoms with Crippen LogP contribution in [0.1, 0.15) is 35.0 Å². The number of fused-ring (bicyclic) bond motifs is 3. The summed E-state index contributed by atoms with van der Waals surface area (Å²) in [5.74, 6) is -1.27. The number of hydrogen-bond donors (Lipinski definition) is 0. The van der Waals surface area contributed by atoms with Crippen molar-refractivity contribution in [2.24, 2.45) is 0 Å². The third-order valence-corrected chi connectivity index (χ3v) is 12.2. The molecule has 2 nitrogen and oxygen atoms in total. The molecule has 0 aliphatic carbocycles. The summed E-state index contributed by atoms with van der Waals surface area (Å²) in [5, 5.41) is 2.32. The number of nitrogens with zero attached hydrogens (tertiary/aromatic N) is 1. The molecule has 5 heteroatoms. The van der Waals surface area contributed by atoms with Crippen LogP contribution in [0.15, 0.2) is 168 Å². The largest absolute Gasteiger partial charge is 3.00 e. The van der Waals surface area contributed by atoms with Crippen molar-refractivity contribution in [1.82, 2.24) is 4.98 Å². The minimum atomic E-state index is -2.32. The Balaban J connectivity index is 0.000000184. The van der Waals surface area contributed by atoms with E-state index >= 15 is 0 Å². The van der Waals surface area contributed by atoms with Gasteiger partial charge in [-0.3, -0.25) is 4.39 Å². The van der Waals surface area contributed by atoms with Gasteiger partial charge in [0.25, 0.3) is 0 Å². The maximum Gasteiger partial charge on any atom is 3.00 e. The van der Waals surface area contributed by atoms with Gasteiger partial charge in [0.1, 0.15) is 5.58 Å². The van der Waals surface area contributed by atoms with Gasteiger partial charge in [0.05, 0.1) is 5.58 Å². The van der Waals surface area contributed by atoms with E-state index in [0.29, 0.717) is 38.8 Å². The maximum absolute atomic E-state index is 14.6. The molecule has 0 radical (unpaired) electrons. The Bertz CT molecular complexity index is 2980. The minimum Gasteiger partial charge on any atom is -0.500 e. The quantitative estimate of drug-likeness (QED) is 0.118. The summed E-state index contributed by atoms with van der Waals surface area (Å²) in [5.41, 5.74) is 9.73. The molecule has 0 fully saturated rings. The predicted octanol–water partition coefficient (Wildman–Crippen LogP) is 13.9. The van der Waals surface area contributed by atoms with Crippen molar-refractivity contribution in [2.75, 3.05) is 0 Å². The molecule has 0 saturated carbocycles. The van der Waals surface area contributed by atoms with Crippen molar-refractivity contribution < 1.29 is 34.4 Å². The van der Waals surface area contributed by atoms with Crippen LogP contribution in [0.3, 0.4) is 0 Å². The topological polar surface area (TPSA) is 26.0 Å². The molecule has 1 unspecified atom stereocenters. The number of hydrogen-bond acceptors (Lipinski definition) is 2. The van der Waals surface area contributed by atoms with Crippen LogP contribution in [0, 0.1) is 30.9 Å². The smallest absolute Gasteiger partial charge is 0.500 e. The Morgan fingerprint density at radius 3 is 2.09 bits per heavy atom. The summed E-state index contributed by atoms with van der Waals surface area (Å²) >= 11 is 0. The van der Waals surface area contributed by atoms with Crippen LogP contribution < -0.4 is 5.19 Å². The van der Waals surface area contributed by atoms with Crippen LogP contribution in [0.4, 0.5) is 4.39 Å². The molecule has 9 aromatic rings. The first kappa shape index (κ1) is 35.4. The number of pyridine rings is 1. The molecule has 0 aliphatic heterocycles. The maximum atomic E-state index is 14.6. The van der Waals surface area contributed by atoms with E-state index in [-0.39, 0.29) is 25.7 Å². The number of aryl methyl sites for hydroxylation is 1. The molecule has 58 heavy (non-hydrogen) atoms. The van der Waals surface area contributed by atoms with Gasteiger partial charge in [-0.1, -0.05) is 147 Å². The summed E-state index contributed by atoms with van der Waals surface area (Å²) in [7, 11) is -1.67. The second-order valence-corrected chi connectivity index (χ2v) is 20.1. The number of aromatic nitrogens is 1. The van der Waals surface area contributed by atoms with Gasteiger partial charge >= 0.3 is 20.1 Å². The second-order valence-electron chi connectivity index (χ2n) is 15.1. The Morgan fingerprint density at radius 2 is 1.38 bits per heavy atom. The zero-order chi connectivity index (χ0) is 42.9. The average Bonchev–Trinajstić information content (AvgIpc) is 3.67. The molecule has 2 aromatic heterocycles. The summed E-state index contributed by atoms with van der Waals surface area (Å²) in [4.78, 5) is 4.38. The molecule has 0 saturated heterocycles. The van der Waals surface area contributed by atoms with Crippen molar-refractivity contribution in [3.8, 4) is 44.6 Å². The van der Waals surface area contributed by atoms with Gasteiger partial charge in [0.2, 0.25) is 0 Å². The minimum absolute atomic E-state index is 0. The molecule has 0 bridgehead atoms. The summed E-state index contributed by atoms with van der Waals surface area (Å²) in [6.07, 6.45) is 1.36. The SMILES string of the molecule is [2H]C(C)(c1ccccc1)c1cc(-c2[c-]ccc(-c3ccccc3)c2)[c-]cc1[Si](C)(C)C.[2H]C([2H])([2H])c1cnc(-c2[c-]cc(F)c3c2oc2ccccc23)cc1-c1ccccc1.[Ir+3]. The third kappa shape index (κ3) is 8.44. The summed E-state index contributed by atoms with van der Waals surface area (Å²) in [6.45, 7) is 6.70. The van der Waals surface area contributed by atoms with E-state index in [0.717, 1.165) is 33.4 Å². The number of furan rings is 1. The molecule has 7 aromatic carbocycles. The Labute approximate surface area is 361 Å². The average molecular weight is 953 g/mol. The van der Waals surface area contributed by atoms with Crippen molar-refractivity contribution in [3.63, 3.8) is 0 Å². The molecule has 0 N–H and O–H groups in total. The molecular formula is C53H43FIrNOSi. The monoisotopic (exact) mass is 953 g/mol. The Morgan fingerprint density at radius 1 is 0.724 bits per heavy atom. The molecule has 0 aliphatic rings. The van der Waals surface area contributed by atoms with Crippen molar-refractivity contribution in [3.05, 3.63) is 205 Å². The van der Waals surface area contributed by atoms with Crippen LogP contribution in [-0.4, -0.2) is 13.1 Å². The number of halogens is 1. The van der Waals surface area contributed by atoms with Crippen LogP contribution in [0.25, 0.3) is 66.6 Å². The van der Waals surface area contributed by atoms with E-state index < -0.39 is 26.6 Å². The van der Waals surface area contributed by atoms with E-state index in [1.54, 1.807) is 18.2 Å². The van der Waals surface area contributed by atoms with Gasteiger partial charge < -0.3 is 9.40 Å². The first-order chi connectivity index (χ1) is 29.2. The molecular weight excluding hydrogens is 906 g/mol. The Hall–Kier alpha value is -5.71. The molecule has 0 spiro atoms. The fourth-order valence-electron chi connectivity index (χ4n) is 7.22. The van der Waals surface area contributed by atoms with Crippen LogP contribution in [-0.2, 0) is 20.1 Å². The predicted molar refractivity (Wildman–Crippen MR) is 238 cm³/mol. The molecule has 286 valence electrons. The first-order valence-corrected chi connectivity index (χ1v) is 22.5. The fraction of sp³-hybridized carbons (Fsp3) is 0.113. The van der Waals surface area contributed by atoms with Gasteiger partial charge in [-0.25, -0.2) is 11.1 Å². The van der Waals surface area contributed by atoms with E-state index in [2.05, 4.69) is 103 Å². The van der Waals surface area contributed by atoms with Crippen molar-refractivity contribution >= 4 is 35.2 Å². The normalized spacial score (nSPS) is 13.5. The number of rotatable bonds is 7. The van der Waals surface area contributed by atoms with E-state index in [1.807, 2.05) is 79.7 Å².